The van der Waals surface area contributed by atoms with Crippen molar-refractivity contribution in [2.45, 2.75) is 45.6 Å². The fraction of sp³-hybridized carbons (Fsp3) is 0.290. The molecule has 0 aliphatic carbocycles. The summed E-state index contributed by atoms with van der Waals surface area (Å²) in [6.45, 7) is 3.95. The summed E-state index contributed by atoms with van der Waals surface area (Å²) < 4.78 is 15.0. The van der Waals surface area contributed by atoms with Crippen LogP contribution in [-0.2, 0) is 9.59 Å². The Hall–Kier alpha value is -4.31. The molecule has 38 heavy (non-hydrogen) atoms. The molecule has 6 nitrogen and oxygen atoms in total. The third-order valence-electron chi connectivity index (χ3n) is 7.54. The second kappa shape index (κ2) is 10.6. The minimum absolute atomic E-state index is 0.0287. The number of nitrogens with zero attached hydrogens (tertiary/aromatic N) is 3. The van der Waals surface area contributed by atoms with E-state index in [-0.39, 0.29) is 34.9 Å². The number of aromatic nitrogens is 1. The number of benzene rings is 2. The van der Waals surface area contributed by atoms with E-state index in [2.05, 4.69) is 16.4 Å². The highest BCUT2D eigenvalue weighted by Crippen LogP contribution is 2.37. The average Bonchev–Trinajstić information content (AvgIpc) is 2.92. The van der Waals surface area contributed by atoms with Crippen molar-refractivity contribution in [2.24, 2.45) is 5.92 Å². The number of hydrogen-bond acceptors (Lipinski definition) is 4. The van der Waals surface area contributed by atoms with E-state index < -0.39 is 5.82 Å². The number of carbonyl (C=O) groups is 2. The molecule has 0 spiro atoms. The molecular weight excluding hydrogens is 479 g/mol. The number of carbonyl (C=O) groups excluding carboxylic acids is 2. The van der Waals surface area contributed by atoms with Crippen molar-refractivity contribution in [3.05, 3.63) is 89.0 Å². The van der Waals surface area contributed by atoms with Crippen LogP contribution in [0.5, 0.6) is 0 Å². The number of fused-ring (bicyclic) bond motifs is 4. The van der Waals surface area contributed by atoms with Crippen molar-refractivity contribution in [1.29, 1.82) is 5.26 Å². The number of nitriles is 1. The highest BCUT2D eigenvalue weighted by molar-refractivity contribution is 5.98. The Morgan fingerprint density at radius 3 is 2.74 bits per heavy atom. The van der Waals surface area contributed by atoms with Gasteiger partial charge in [-0.05, 0) is 67.2 Å². The van der Waals surface area contributed by atoms with Crippen LogP contribution in [0.1, 0.15) is 61.0 Å². The van der Waals surface area contributed by atoms with Gasteiger partial charge in [-0.2, -0.15) is 5.26 Å². The number of para-hydroxylation sites is 1. The first-order valence-corrected chi connectivity index (χ1v) is 12.9. The first-order valence-electron chi connectivity index (χ1n) is 12.9. The summed E-state index contributed by atoms with van der Waals surface area (Å²) in [6.07, 6.45) is 5.69. The van der Waals surface area contributed by atoms with Crippen molar-refractivity contribution in [1.82, 2.24) is 9.88 Å². The molecular formula is C31H29FN4O2. The summed E-state index contributed by atoms with van der Waals surface area (Å²) in [5.41, 5.74) is 4.75. The standard InChI is InChI=1S/C31H29FN4O2/c1-19-10-11-23(18-33)29(30(19)32)22-13-15-36(28(37)17-22)27-9-5-6-20(2)31(38)35-25-8-4-3-7-24(25)21-12-14-34-26(27)16-21/h3-4,7-8,10-12,14,16-17,20,27H,5-6,9,13,15H2,1-2H3,(H,35,38). The van der Waals surface area contributed by atoms with Crippen molar-refractivity contribution < 1.29 is 14.0 Å². The van der Waals surface area contributed by atoms with Gasteiger partial charge in [0.2, 0.25) is 11.8 Å². The lowest BCUT2D eigenvalue weighted by Crippen LogP contribution is -2.38. The molecule has 2 amide bonds. The van der Waals surface area contributed by atoms with E-state index in [1.54, 1.807) is 30.2 Å². The largest absolute Gasteiger partial charge is 0.330 e. The molecule has 3 heterocycles. The molecule has 2 aromatic carbocycles. The van der Waals surface area contributed by atoms with Gasteiger partial charge in [-0.1, -0.05) is 37.6 Å². The molecule has 0 radical (unpaired) electrons. The molecule has 3 aromatic rings. The summed E-state index contributed by atoms with van der Waals surface area (Å²) in [5.74, 6) is -0.903. The third-order valence-corrected chi connectivity index (χ3v) is 7.54. The number of rotatable bonds is 2. The van der Waals surface area contributed by atoms with Gasteiger partial charge in [0.05, 0.1) is 23.4 Å². The van der Waals surface area contributed by atoms with E-state index in [1.165, 1.54) is 6.08 Å². The van der Waals surface area contributed by atoms with Crippen molar-refractivity contribution in [3.63, 3.8) is 0 Å². The zero-order valence-electron chi connectivity index (χ0n) is 21.5. The van der Waals surface area contributed by atoms with Crippen LogP contribution in [0.2, 0.25) is 0 Å². The Kier molecular flexibility index (Phi) is 7.06. The predicted octanol–water partition coefficient (Wildman–Crippen LogP) is 6.18. The topological polar surface area (TPSA) is 86.1 Å². The monoisotopic (exact) mass is 508 g/mol. The van der Waals surface area contributed by atoms with Gasteiger partial charge >= 0.3 is 0 Å². The summed E-state index contributed by atoms with van der Waals surface area (Å²) in [5, 5.41) is 12.6. The zero-order valence-corrected chi connectivity index (χ0v) is 21.5. The summed E-state index contributed by atoms with van der Waals surface area (Å²) >= 11 is 0. The van der Waals surface area contributed by atoms with Crippen molar-refractivity contribution in [2.75, 3.05) is 11.9 Å². The average molecular weight is 509 g/mol. The van der Waals surface area contributed by atoms with Gasteiger partial charge in [0.15, 0.2) is 0 Å². The summed E-state index contributed by atoms with van der Waals surface area (Å²) in [4.78, 5) is 32.8. The molecule has 7 heteroatoms. The first kappa shape index (κ1) is 25.3. The minimum Gasteiger partial charge on any atom is -0.330 e. The number of halogens is 1. The van der Waals surface area contributed by atoms with E-state index in [0.717, 1.165) is 28.9 Å². The van der Waals surface area contributed by atoms with Crippen LogP contribution in [-0.4, -0.2) is 28.2 Å². The highest BCUT2D eigenvalue weighted by Gasteiger charge is 2.31. The number of aryl methyl sites for hydroxylation is 1. The maximum Gasteiger partial charge on any atom is 0.247 e. The lowest BCUT2D eigenvalue weighted by Gasteiger charge is -2.34. The normalized spacial score (nSPS) is 19.8. The minimum atomic E-state index is -0.456. The lowest BCUT2D eigenvalue weighted by atomic mass is 9.90. The number of pyridine rings is 1. The fourth-order valence-corrected chi connectivity index (χ4v) is 5.36. The molecule has 1 aromatic heterocycles. The Labute approximate surface area is 221 Å². The Morgan fingerprint density at radius 2 is 1.95 bits per heavy atom. The Morgan fingerprint density at radius 1 is 1.13 bits per heavy atom. The third kappa shape index (κ3) is 4.82. The van der Waals surface area contributed by atoms with Crippen LogP contribution >= 0.6 is 0 Å². The molecule has 0 fully saturated rings. The van der Waals surface area contributed by atoms with Gasteiger partial charge in [0, 0.05) is 41.5 Å². The fourth-order valence-electron chi connectivity index (χ4n) is 5.36. The Balaban J connectivity index is 1.53. The lowest BCUT2D eigenvalue weighted by molar-refractivity contribution is -0.129. The van der Waals surface area contributed by atoms with Gasteiger partial charge in [0.1, 0.15) is 5.82 Å². The molecule has 192 valence electrons. The van der Waals surface area contributed by atoms with E-state index in [0.29, 0.717) is 36.9 Å². The van der Waals surface area contributed by atoms with Gasteiger partial charge in [-0.25, -0.2) is 4.39 Å². The number of anilines is 1. The molecule has 0 saturated heterocycles. The van der Waals surface area contributed by atoms with Gasteiger partial charge in [0.25, 0.3) is 0 Å². The van der Waals surface area contributed by atoms with Crippen molar-refractivity contribution in [3.8, 4) is 17.2 Å². The molecule has 2 bridgehead atoms. The Bertz CT molecular complexity index is 1490. The van der Waals surface area contributed by atoms with E-state index in [4.69, 9.17) is 0 Å². The molecule has 5 rings (SSSR count). The molecule has 2 aliphatic rings. The predicted molar refractivity (Wildman–Crippen MR) is 144 cm³/mol. The van der Waals surface area contributed by atoms with Crippen LogP contribution in [0.15, 0.2) is 60.8 Å². The molecule has 0 saturated carbocycles. The highest BCUT2D eigenvalue weighted by atomic mass is 19.1. The molecule has 2 atom stereocenters. The molecule has 1 N–H and O–H groups in total. The van der Waals surface area contributed by atoms with Crippen LogP contribution in [0, 0.1) is 30.0 Å². The van der Waals surface area contributed by atoms with Gasteiger partial charge in [-0.3, -0.25) is 14.6 Å². The van der Waals surface area contributed by atoms with Gasteiger partial charge in [-0.15, -0.1) is 0 Å². The second-order valence-corrected chi connectivity index (χ2v) is 10.0. The van der Waals surface area contributed by atoms with Gasteiger partial charge < -0.3 is 10.2 Å². The quantitative estimate of drug-likeness (QED) is 0.448. The van der Waals surface area contributed by atoms with Crippen molar-refractivity contribution >= 4 is 23.1 Å². The second-order valence-electron chi connectivity index (χ2n) is 10.0. The summed E-state index contributed by atoms with van der Waals surface area (Å²) in [6, 6.07) is 16.5. The number of hydrogen-bond donors (Lipinski definition) is 1. The first-order chi connectivity index (χ1) is 18.4. The van der Waals surface area contributed by atoms with E-state index >= 15 is 4.39 Å². The maximum atomic E-state index is 15.0. The number of amides is 2. The summed E-state index contributed by atoms with van der Waals surface area (Å²) in [7, 11) is 0. The van der Waals surface area contributed by atoms with Crippen LogP contribution in [0.3, 0.4) is 0 Å². The maximum absolute atomic E-state index is 15.0. The molecule has 2 unspecified atom stereocenters. The smallest absolute Gasteiger partial charge is 0.247 e. The van der Waals surface area contributed by atoms with E-state index in [9.17, 15) is 14.9 Å². The van der Waals surface area contributed by atoms with Crippen LogP contribution in [0.4, 0.5) is 10.1 Å². The van der Waals surface area contributed by atoms with Crippen LogP contribution in [0.25, 0.3) is 16.7 Å². The van der Waals surface area contributed by atoms with E-state index in [1.807, 2.05) is 43.3 Å². The SMILES string of the molecule is Cc1ccc(C#N)c(C2=CC(=O)N(C3CCCC(C)C(=O)Nc4ccccc4-c4ccnc3c4)CC2)c1F. The number of nitrogens with one attached hydrogen (secondary N) is 1. The molecule has 2 aliphatic heterocycles. The van der Waals surface area contributed by atoms with Crippen LogP contribution < -0.4 is 5.32 Å². The zero-order chi connectivity index (χ0) is 26.8.